The number of hydrogen-bond acceptors (Lipinski definition) is 5. The molecule has 0 aliphatic heterocycles. The van der Waals surface area contributed by atoms with E-state index in [1.807, 2.05) is 30.3 Å². The molecule has 0 spiro atoms. The first-order valence-corrected chi connectivity index (χ1v) is 5.12. The van der Waals surface area contributed by atoms with Crippen LogP contribution in [0.3, 0.4) is 0 Å². The molecule has 0 saturated heterocycles. The lowest BCUT2D eigenvalue weighted by molar-refractivity contribution is 0.412. The van der Waals surface area contributed by atoms with Crippen LogP contribution in [0.4, 0.5) is 5.95 Å². The molecule has 0 unspecified atom stereocenters. The molecule has 76 valence electrons. The van der Waals surface area contributed by atoms with E-state index in [0.717, 1.165) is 5.56 Å². The molecule has 5 heteroatoms. The monoisotopic (exact) mass is 219 g/mol. The summed E-state index contributed by atoms with van der Waals surface area (Å²) in [5.41, 5.74) is 1.02. The molecule has 2 aromatic rings. The van der Waals surface area contributed by atoms with Gasteiger partial charge < -0.3 is 4.74 Å². The summed E-state index contributed by atoms with van der Waals surface area (Å²) in [5.74, 6) is 0.431. The van der Waals surface area contributed by atoms with Gasteiger partial charge in [0.1, 0.15) is 0 Å². The number of aromatic nitrogens is 2. The lowest BCUT2D eigenvalue weighted by Crippen LogP contribution is -1.80. The van der Waals surface area contributed by atoms with Crippen molar-refractivity contribution in [2.24, 2.45) is 4.99 Å². The maximum atomic E-state index is 4.92. The van der Waals surface area contributed by atoms with Crippen molar-refractivity contribution in [3.63, 3.8) is 0 Å². The van der Waals surface area contributed by atoms with Gasteiger partial charge in [-0.3, -0.25) is 0 Å². The molecule has 0 saturated carbocycles. The van der Waals surface area contributed by atoms with Gasteiger partial charge in [0.2, 0.25) is 0 Å². The number of rotatable bonds is 3. The molecule has 0 fully saturated rings. The fourth-order valence-electron chi connectivity index (χ4n) is 1.01. The van der Waals surface area contributed by atoms with Crippen molar-refractivity contribution in [2.75, 3.05) is 7.11 Å². The van der Waals surface area contributed by atoms with Crippen LogP contribution >= 0.6 is 11.5 Å². The Balaban J connectivity index is 2.11. The number of benzene rings is 1. The van der Waals surface area contributed by atoms with Crippen LogP contribution in [0.1, 0.15) is 5.56 Å². The average Bonchev–Trinajstić information content (AvgIpc) is 2.76. The molecule has 0 aliphatic rings. The summed E-state index contributed by atoms with van der Waals surface area (Å²) in [7, 11) is 1.56. The molecule has 1 heterocycles. The Morgan fingerprint density at radius 3 is 2.80 bits per heavy atom. The maximum absolute atomic E-state index is 4.92. The van der Waals surface area contributed by atoms with Crippen LogP contribution in [0.25, 0.3) is 0 Å². The van der Waals surface area contributed by atoms with E-state index in [-0.39, 0.29) is 0 Å². The average molecular weight is 219 g/mol. The summed E-state index contributed by atoms with van der Waals surface area (Å²) in [6.07, 6.45) is 1.72. The van der Waals surface area contributed by atoms with Crippen LogP contribution < -0.4 is 4.74 Å². The minimum Gasteiger partial charge on any atom is -0.472 e. The van der Waals surface area contributed by atoms with E-state index in [2.05, 4.69) is 14.3 Å². The van der Waals surface area contributed by atoms with Gasteiger partial charge in [0.15, 0.2) is 0 Å². The molecule has 1 aromatic heterocycles. The SMILES string of the molecule is COc1nc(N=Cc2ccccc2)ns1. The summed E-state index contributed by atoms with van der Waals surface area (Å²) in [6.45, 7) is 0. The van der Waals surface area contributed by atoms with Gasteiger partial charge in [-0.1, -0.05) is 30.3 Å². The largest absolute Gasteiger partial charge is 0.472 e. The van der Waals surface area contributed by atoms with E-state index < -0.39 is 0 Å². The highest BCUT2D eigenvalue weighted by molar-refractivity contribution is 7.07. The lowest BCUT2D eigenvalue weighted by atomic mass is 10.2. The van der Waals surface area contributed by atoms with E-state index in [1.165, 1.54) is 11.5 Å². The van der Waals surface area contributed by atoms with E-state index >= 15 is 0 Å². The molecule has 0 atom stereocenters. The molecule has 0 aliphatic carbocycles. The minimum absolute atomic E-state index is 0.431. The van der Waals surface area contributed by atoms with Crippen LogP contribution in [0.5, 0.6) is 5.19 Å². The van der Waals surface area contributed by atoms with Gasteiger partial charge in [0, 0.05) is 17.7 Å². The van der Waals surface area contributed by atoms with Crippen molar-refractivity contribution in [3.8, 4) is 5.19 Å². The van der Waals surface area contributed by atoms with Crippen LogP contribution in [-0.2, 0) is 0 Å². The number of aliphatic imine (C=N–C) groups is 1. The summed E-state index contributed by atoms with van der Waals surface area (Å²) in [4.78, 5) is 8.16. The minimum atomic E-state index is 0.431. The van der Waals surface area contributed by atoms with Gasteiger partial charge in [0.25, 0.3) is 11.1 Å². The molecule has 4 nitrogen and oxygen atoms in total. The van der Waals surface area contributed by atoms with Crippen LogP contribution in [0, 0.1) is 0 Å². The predicted molar refractivity (Wildman–Crippen MR) is 60.2 cm³/mol. The van der Waals surface area contributed by atoms with Gasteiger partial charge >= 0.3 is 0 Å². The van der Waals surface area contributed by atoms with Crippen LogP contribution in [0.2, 0.25) is 0 Å². The molecule has 15 heavy (non-hydrogen) atoms. The second-order valence-corrected chi connectivity index (χ2v) is 3.45. The first-order valence-electron chi connectivity index (χ1n) is 4.35. The zero-order valence-electron chi connectivity index (χ0n) is 8.12. The third-order valence-electron chi connectivity index (χ3n) is 1.70. The highest BCUT2D eigenvalue weighted by atomic mass is 32.1. The molecule has 2 rings (SSSR count). The van der Waals surface area contributed by atoms with Crippen molar-refractivity contribution in [1.82, 2.24) is 9.36 Å². The summed E-state index contributed by atoms with van der Waals surface area (Å²) in [6, 6.07) is 9.80. The third-order valence-corrected chi connectivity index (χ3v) is 2.37. The molecule has 0 bridgehead atoms. The smallest absolute Gasteiger partial charge is 0.294 e. The molecule has 1 aromatic carbocycles. The standard InChI is InChI=1S/C10H9N3OS/c1-14-10-12-9(13-15-10)11-7-8-5-3-2-4-6-8/h2-7H,1H3. The zero-order valence-corrected chi connectivity index (χ0v) is 8.94. The Morgan fingerprint density at radius 1 is 1.33 bits per heavy atom. The summed E-state index contributed by atoms with van der Waals surface area (Å²) in [5, 5.41) is 0.523. The maximum Gasteiger partial charge on any atom is 0.294 e. The van der Waals surface area contributed by atoms with E-state index in [0.29, 0.717) is 11.1 Å². The van der Waals surface area contributed by atoms with Crippen molar-refractivity contribution < 1.29 is 4.74 Å². The van der Waals surface area contributed by atoms with Crippen molar-refractivity contribution in [3.05, 3.63) is 35.9 Å². The fourth-order valence-corrected chi connectivity index (χ4v) is 1.45. The second-order valence-electron chi connectivity index (χ2n) is 2.73. The first-order chi connectivity index (χ1) is 7.38. The van der Waals surface area contributed by atoms with Crippen molar-refractivity contribution in [1.29, 1.82) is 0 Å². The number of hydrogen-bond donors (Lipinski definition) is 0. The van der Waals surface area contributed by atoms with E-state index in [1.54, 1.807) is 13.3 Å². The summed E-state index contributed by atoms with van der Waals surface area (Å²) < 4.78 is 8.93. The van der Waals surface area contributed by atoms with Gasteiger partial charge in [-0.2, -0.15) is 4.98 Å². The number of ether oxygens (including phenoxy) is 1. The van der Waals surface area contributed by atoms with Crippen molar-refractivity contribution in [2.45, 2.75) is 0 Å². The van der Waals surface area contributed by atoms with Gasteiger partial charge in [0.05, 0.1) is 7.11 Å². The van der Waals surface area contributed by atoms with Crippen LogP contribution in [0.15, 0.2) is 35.3 Å². The Hall–Kier alpha value is -1.75. The lowest BCUT2D eigenvalue weighted by Gasteiger charge is -1.88. The molecule has 0 amide bonds. The third kappa shape index (κ3) is 2.60. The molecular weight excluding hydrogens is 210 g/mol. The second kappa shape index (κ2) is 4.65. The highest BCUT2D eigenvalue weighted by Gasteiger charge is 1.99. The van der Waals surface area contributed by atoms with Gasteiger partial charge in [-0.25, -0.2) is 4.99 Å². The van der Waals surface area contributed by atoms with Gasteiger partial charge in [-0.15, -0.1) is 4.37 Å². The van der Waals surface area contributed by atoms with Gasteiger partial charge in [-0.05, 0) is 5.56 Å². The van der Waals surface area contributed by atoms with Crippen molar-refractivity contribution >= 4 is 23.7 Å². The zero-order chi connectivity index (χ0) is 10.5. The Bertz CT molecular complexity index is 453. The number of nitrogens with zero attached hydrogens (tertiary/aromatic N) is 3. The highest BCUT2D eigenvalue weighted by Crippen LogP contribution is 2.17. The molecular formula is C10H9N3OS. The molecule has 0 radical (unpaired) electrons. The normalized spacial score (nSPS) is 10.7. The Labute approximate surface area is 91.4 Å². The number of methoxy groups -OCH3 is 1. The summed E-state index contributed by atoms with van der Waals surface area (Å²) >= 11 is 1.19. The molecule has 0 N–H and O–H groups in total. The van der Waals surface area contributed by atoms with E-state index in [9.17, 15) is 0 Å². The first kappa shape index (κ1) is 9.79. The van der Waals surface area contributed by atoms with Crippen LogP contribution in [-0.4, -0.2) is 22.7 Å². The predicted octanol–water partition coefficient (Wildman–Crippen LogP) is 2.30. The quantitative estimate of drug-likeness (QED) is 0.744. The van der Waals surface area contributed by atoms with E-state index in [4.69, 9.17) is 4.74 Å². The topological polar surface area (TPSA) is 47.4 Å². The fraction of sp³-hybridized carbons (Fsp3) is 0.100. The Morgan fingerprint density at radius 2 is 2.13 bits per heavy atom. The Kier molecular flexibility index (Phi) is 3.04.